The number of nitrogens with zero attached hydrogens (tertiary/aromatic N) is 4. The maximum atomic E-state index is 13.8. The molecule has 1 amide bonds. The van der Waals surface area contributed by atoms with Crippen molar-refractivity contribution in [2.75, 3.05) is 26.2 Å². The van der Waals surface area contributed by atoms with Gasteiger partial charge in [-0.15, -0.1) is 11.3 Å². The van der Waals surface area contributed by atoms with E-state index in [1.807, 2.05) is 28.5 Å². The van der Waals surface area contributed by atoms with E-state index in [2.05, 4.69) is 15.0 Å². The molecule has 0 unspecified atom stereocenters. The maximum Gasteiger partial charge on any atom is 0.268 e. The summed E-state index contributed by atoms with van der Waals surface area (Å²) in [7, 11) is 0. The van der Waals surface area contributed by atoms with Crippen LogP contribution in [0.2, 0.25) is 0 Å². The number of thiophene rings is 1. The lowest BCUT2D eigenvalue weighted by atomic mass is 9.63. The van der Waals surface area contributed by atoms with E-state index in [0.29, 0.717) is 31.3 Å². The lowest BCUT2D eigenvalue weighted by Gasteiger charge is -2.46. The monoisotopic (exact) mass is 426 g/mol. The Balaban J connectivity index is 1.21. The molecule has 2 aliphatic rings. The number of rotatable bonds is 5. The van der Waals surface area contributed by atoms with Crippen LogP contribution >= 0.6 is 11.3 Å². The Morgan fingerprint density at radius 1 is 1.17 bits per heavy atom. The third-order valence-electron chi connectivity index (χ3n) is 6.22. The molecule has 3 aromatic rings. The summed E-state index contributed by atoms with van der Waals surface area (Å²) in [5.41, 5.74) is 0.266. The van der Waals surface area contributed by atoms with Crippen LogP contribution in [0.4, 0.5) is 4.39 Å². The van der Waals surface area contributed by atoms with Gasteiger partial charge < -0.3 is 9.42 Å². The Hall–Kier alpha value is -2.58. The highest BCUT2D eigenvalue weighted by molar-refractivity contribution is 7.13. The summed E-state index contributed by atoms with van der Waals surface area (Å²) in [5.74, 6) is 1.07. The number of carbonyl (C=O) groups excluding carboxylic acids is 1. The van der Waals surface area contributed by atoms with Gasteiger partial charge in [0.1, 0.15) is 5.82 Å². The molecule has 2 fully saturated rings. The van der Waals surface area contributed by atoms with Gasteiger partial charge in [-0.3, -0.25) is 9.69 Å². The van der Waals surface area contributed by atoms with Gasteiger partial charge in [-0.25, -0.2) is 4.39 Å². The molecule has 6 nitrogen and oxygen atoms in total. The molecule has 1 aromatic carbocycles. The first kappa shape index (κ1) is 19.4. The highest BCUT2D eigenvalue weighted by atomic mass is 32.1. The molecule has 2 aromatic heterocycles. The van der Waals surface area contributed by atoms with Crippen LogP contribution in [0.3, 0.4) is 0 Å². The van der Waals surface area contributed by atoms with Crippen LogP contribution in [0.1, 0.15) is 30.7 Å². The number of piperazine rings is 1. The zero-order chi connectivity index (χ0) is 20.6. The molecule has 156 valence electrons. The SMILES string of the molecule is O=C(N1CCN(Cc2noc(-c3cccs3)n2)CC1)C1(c2cccc(F)c2)CCC1. The van der Waals surface area contributed by atoms with Crippen LogP contribution in [-0.2, 0) is 16.8 Å². The summed E-state index contributed by atoms with van der Waals surface area (Å²) in [6, 6.07) is 10.5. The van der Waals surface area contributed by atoms with Crippen molar-refractivity contribution < 1.29 is 13.7 Å². The van der Waals surface area contributed by atoms with Gasteiger partial charge in [0, 0.05) is 26.2 Å². The van der Waals surface area contributed by atoms with Crippen molar-refractivity contribution in [2.24, 2.45) is 0 Å². The van der Waals surface area contributed by atoms with Gasteiger partial charge in [0.25, 0.3) is 5.89 Å². The third-order valence-corrected chi connectivity index (χ3v) is 7.08. The number of hydrogen-bond acceptors (Lipinski definition) is 6. The molecule has 0 spiro atoms. The quantitative estimate of drug-likeness (QED) is 0.623. The summed E-state index contributed by atoms with van der Waals surface area (Å²) in [4.78, 5) is 23.0. The topological polar surface area (TPSA) is 62.5 Å². The van der Waals surface area contributed by atoms with Crippen LogP contribution in [0.25, 0.3) is 10.8 Å². The largest absolute Gasteiger partial charge is 0.339 e. The standard InChI is InChI=1S/C22H23FN4O2S/c23-17-5-1-4-16(14-17)22(7-3-8-22)21(28)27-11-9-26(10-12-27)15-19-24-20(29-25-19)18-6-2-13-30-18/h1-2,4-6,13-14H,3,7-12,15H2. The molecule has 5 rings (SSSR count). The molecule has 3 heterocycles. The van der Waals surface area contributed by atoms with Gasteiger partial charge in [0.15, 0.2) is 5.82 Å². The highest BCUT2D eigenvalue weighted by Gasteiger charge is 2.48. The molecule has 30 heavy (non-hydrogen) atoms. The number of hydrogen-bond donors (Lipinski definition) is 0. The van der Waals surface area contributed by atoms with Gasteiger partial charge in [0.05, 0.1) is 16.8 Å². The number of aromatic nitrogens is 2. The molecule has 0 N–H and O–H groups in total. The third kappa shape index (κ3) is 3.54. The van der Waals surface area contributed by atoms with E-state index in [9.17, 15) is 9.18 Å². The lowest BCUT2D eigenvalue weighted by Crippen LogP contribution is -2.56. The highest BCUT2D eigenvalue weighted by Crippen LogP contribution is 2.45. The number of carbonyl (C=O) groups is 1. The molecule has 1 aliphatic carbocycles. The average Bonchev–Trinajstić information content (AvgIpc) is 3.39. The van der Waals surface area contributed by atoms with Crippen molar-refractivity contribution in [3.8, 4) is 10.8 Å². The molecule has 1 saturated carbocycles. The molecular weight excluding hydrogens is 403 g/mol. The predicted octanol–water partition coefficient (Wildman–Crippen LogP) is 3.70. The van der Waals surface area contributed by atoms with E-state index in [1.165, 1.54) is 12.1 Å². The lowest BCUT2D eigenvalue weighted by molar-refractivity contribution is -0.142. The number of amides is 1. The minimum Gasteiger partial charge on any atom is -0.339 e. The minimum absolute atomic E-state index is 0.138. The second-order valence-corrected chi connectivity index (χ2v) is 8.96. The van der Waals surface area contributed by atoms with Crippen molar-refractivity contribution in [1.29, 1.82) is 0 Å². The first-order valence-corrected chi connectivity index (χ1v) is 11.2. The maximum absolute atomic E-state index is 13.8. The first-order valence-electron chi connectivity index (χ1n) is 10.3. The molecule has 0 bridgehead atoms. The van der Waals surface area contributed by atoms with Crippen LogP contribution in [-0.4, -0.2) is 52.0 Å². The van der Waals surface area contributed by atoms with E-state index in [0.717, 1.165) is 42.8 Å². The van der Waals surface area contributed by atoms with Gasteiger partial charge in [0.2, 0.25) is 5.91 Å². The van der Waals surface area contributed by atoms with Crippen molar-refractivity contribution in [3.63, 3.8) is 0 Å². The smallest absolute Gasteiger partial charge is 0.268 e. The van der Waals surface area contributed by atoms with Crippen molar-refractivity contribution in [3.05, 3.63) is 59.0 Å². The molecule has 0 atom stereocenters. The van der Waals surface area contributed by atoms with Crippen LogP contribution < -0.4 is 0 Å². The van der Waals surface area contributed by atoms with Gasteiger partial charge in [-0.2, -0.15) is 4.98 Å². The summed E-state index contributed by atoms with van der Waals surface area (Å²) in [6.07, 6.45) is 2.60. The van der Waals surface area contributed by atoms with Gasteiger partial charge in [-0.1, -0.05) is 29.8 Å². The zero-order valence-electron chi connectivity index (χ0n) is 16.6. The van der Waals surface area contributed by atoms with Crippen LogP contribution in [0, 0.1) is 5.82 Å². The summed E-state index contributed by atoms with van der Waals surface area (Å²) < 4.78 is 19.1. The van der Waals surface area contributed by atoms with Crippen molar-refractivity contribution >= 4 is 17.2 Å². The second-order valence-electron chi connectivity index (χ2n) is 8.01. The van der Waals surface area contributed by atoms with Gasteiger partial charge in [-0.05, 0) is 42.0 Å². The van der Waals surface area contributed by atoms with Crippen molar-refractivity contribution in [2.45, 2.75) is 31.2 Å². The normalized spacial score (nSPS) is 18.9. The Labute approximate surface area is 178 Å². The minimum atomic E-state index is -0.548. The Morgan fingerprint density at radius 3 is 2.67 bits per heavy atom. The Morgan fingerprint density at radius 2 is 2.00 bits per heavy atom. The Kier molecular flexibility index (Phi) is 5.12. The van der Waals surface area contributed by atoms with E-state index in [4.69, 9.17) is 4.52 Å². The average molecular weight is 427 g/mol. The molecular formula is C22H23FN4O2S. The van der Waals surface area contributed by atoms with E-state index in [-0.39, 0.29) is 11.7 Å². The van der Waals surface area contributed by atoms with E-state index in [1.54, 1.807) is 17.4 Å². The van der Waals surface area contributed by atoms with Crippen LogP contribution in [0.15, 0.2) is 46.3 Å². The molecule has 8 heteroatoms. The van der Waals surface area contributed by atoms with E-state index >= 15 is 0 Å². The summed E-state index contributed by atoms with van der Waals surface area (Å²) in [6.45, 7) is 3.44. The zero-order valence-corrected chi connectivity index (χ0v) is 17.4. The fourth-order valence-corrected chi connectivity index (χ4v) is 5.02. The molecule has 0 radical (unpaired) electrons. The van der Waals surface area contributed by atoms with Gasteiger partial charge >= 0.3 is 0 Å². The second kappa shape index (κ2) is 7.92. The van der Waals surface area contributed by atoms with Crippen LogP contribution in [0.5, 0.6) is 0 Å². The summed E-state index contributed by atoms with van der Waals surface area (Å²) in [5, 5.41) is 6.07. The molecule has 1 aliphatic heterocycles. The number of benzene rings is 1. The number of halogens is 1. The first-order chi connectivity index (χ1) is 14.6. The Bertz CT molecular complexity index is 1020. The summed E-state index contributed by atoms with van der Waals surface area (Å²) >= 11 is 1.57. The fraction of sp³-hybridized carbons (Fsp3) is 0.409. The molecule has 1 saturated heterocycles. The van der Waals surface area contributed by atoms with E-state index < -0.39 is 5.41 Å². The fourth-order valence-electron chi connectivity index (χ4n) is 4.37. The predicted molar refractivity (Wildman–Crippen MR) is 111 cm³/mol. The van der Waals surface area contributed by atoms with Crippen molar-refractivity contribution in [1.82, 2.24) is 19.9 Å².